The Morgan fingerprint density at radius 2 is 2.04 bits per heavy atom. The van der Waals surface area contributed by atoms with Crippen molar-refractivity contribution >= 4 is 29.4 Å². The third-order valence-corrected chi connectivity index (χ3v) is 4.41. The number of halogens is 1. The highest BCUT2D eigenvalue weighted by molar-refractivity contribution is 6.29. The SMILES string of the molecule is CC(C(=O)Nc1cc(C2CC2)nn1C(=O)OC(C)(C)C)c1ccc(Cl)nc1. The van der Waals surface area contributed by atoms with E-state index < -0.39 is 17.6 Å². The molecule has 0 radical (unpaired) electrons. The van der Waals surface area contributed by atoms with Crippen LogP contribution in [0.1, 0.15) is 63.6 Å². The van der Waals surface area contributed by atoms with Gasteiger partial charge in [0.2, 0.25) is 5.91 Å². The van der Waals surface area contributed by atoms with Crippen LogP contribution in [0.2, 0.25) is 5.15 Å². The Labute approximate surface area is 163 Å². The molecule has 0 saturated heterocycles. The number of pyridine rings is 1. The van der Waals surface area contributed by atoms with Crippen LogP contribution in [0.5, 0.6) is 0 Å². The third-order valence-electron chi connectivity index (χ3n) is 4.19. The average molecular weight is 391 g/mol. The summed E-state index contributed by atoms with van der Waals surface area (Å²) in [4.78, 5) is 29.2. The van der Waals surface area contributed by atoms with Gasteiger partial charge in [-0.3, -0.25) is 4.79 Å². The zero-order valence-electron chi connectivity index (χ0n) is 15.8. The maximum absolute atomic E-state index is 12.7. The molecule has 3 rings (SSSR count). The first-order valence-electron chi connectivity index (χ1n) is 8.89. The molecule has 1 fully saturated rings. The number of carbonyl (C=O) groups is 2. The fourth-order valence-electron chi connectivity index (χ4n) is 2.54. The zero-order valence-corrected chi connectivity index (χ0v) is 16.6. The molecule has 0 spiro atoms. The molecule has 1 N–H and O–H groups in total. The van der Waals surface area contributed by atoms with Crippen LogP contribution in [0.25, 0.3) is 0 Å². The first-order valence-corrected chi connectivity index (χ1v) is 9.27. The van der Waals surface area contributed by atoms with Gasteiger partial charge in [0.05, 0.1) is 11.6 Å². The van der Waals surface area contributed by atoms with Gasteiger partial charge < -0.3 is 10.1 Å². The topological polar surface area (TPSA) is 86.1 Å². The van der Waals surface area contributed by atoms with Crippen LogP contribution in [0, 0.1) is 0 Å². The van der Waals surface area contributed by atoms with Gasteiger partial charge in [0.25, 0.3) is 0 Å². The fraction of sp³-hybridized carbons (Fsp3) is 0.474. The molecule has 1 unspecified atom stereocenters. The Kier molecular flexibility index (Phi) is 5.24. The number of nitrogens with zero attached hydrogens (tertiary/aromatic N) is 3. The number of ether oxygens (including phenoxy) is 1. The molecule has 1 amide bonds. The van der Waals surface area contributed by atoms with E-state index in [4.69, 9.17) is 16.3 Å². The number of rotatable bonds is 4. The number of amides is 1. The standard InChI is InChI=1S/C19H23ClN4O3/c1-11(13-7-8-15(20)21-10-13)17(25)22-16-9-14(12-5-6-12)23-24(16)18(26)27-19(2,3)4/h7-12H,5-6H2,1-4H3,(H,22,25). The van der Waals surface area contributed by atoms with Gasteiger partial charge in [0.1, 0.15) is 16.6 Å². The van der Waals surface area contributed by atoms with Crippen molar-refractivity contribution in [1.29, 1.82) is 0 Å². The van der Waals surface area contributed by atoms with E-state index in [0.717, 1.165) is 28.8 Å². The minimum Gasteiger partial charge on any atom is -0.442 e. The second-order valence-corrected chi connectivity index (χ2v) is 8.13. The molecule has 0 bridgehead atoms. The largest absolute Gasteiger partial charge is 0.442 e. The summed E-state index contributed by atoms with van der Waals surface area (Å²) in [7, 11) is 0. The van der Waals surface area contributed by atoms with Crippen molar-refractivity contribution in [2.75, 3.05) is 5.32 Å². The van der Waals surface area contributed by atoms with E-state index in [1.807, 2.05) is 0 Å². The number of anilines is 1. The Hall–Kier alpha value is -2.41. The molecule has 1 aliphatic rings. The molecule has 144 valence electrons. The molecule has 2 aromatic rings. The predicted octanol–water partition coefficient (Wildman–Crippen LogP) is 4.33. The maximum atomic E-state index is 12.7. The summed E-state index contributed by atoms with van der Waals surface area (Å²) in [6.45, 7) is 7.11. The highest BCUT2D eigenvalue weighted by Crippen LogP contribution is 2.40. The molecule has 7 nitrogen and oxygen atoms in total. The summed E-state index contributed by atoms with van der Waals surface area (Å²) < 4.78 is 6.53. The second kappa shape index (κ2) is 7.31. The molecular formula is C19H23ClN4O3. The molecular weight excluding hydrogens is 368 g/mol. The van der Waals surface area contributed by atoms with Gasteiger partial charge >= 0.3 is 6.09 Å². The van der Waals surface area contributed by atoms with E-state index in [1.54, 1.807) is 52.1 Å². The lowest BCUT2D eigenvalue weighted by molar-refractivity contribution is -0.117. The summed E-state index contributed by atoms with van der Waals surface area (Å²) in [6.07, 6.45) is 3.01. The van der Waals surface area contributed by atoms with Crippen molar-refractivity contribution in [3.63, 3.8) is 0 Å². The highest BCUT2D eigenvalue weighted by Gasteiger charge is 2.30. The quantitative estimate of drug-likeness (QED) is 0.785. The van der Waals surface area contributed by atoms with E-state index in [0.29, 0.717) is 16.9 Å². The van der Waals surface area contributed by atoms with Gasteiger partial charge in [0.15, 0.2) is 0 Å². The third kappa shape index (κ3) is 4.86. The number of carbonyl (C=O) groups excluding carboxylic acids is 2. The molecule has 27 heavy (non-hydrogen) atoms. The summed E-state index contributed by atoms with van der Waals surface area (Å²) in [5, 5.41) is 7.51. The fourth-order valence-corrected chi connectivity index (χ4v) is 2.65. The molecule has 1 saturated carbocycles. The minimum absolute atomic E-state index is 0.272. The number of hydrogen-bond donors (Lipinski definition) is 1. The van der Waals surface area contributed by atoms with E-state index in [2.05, 4.69) is 15.4 Å². The first-order chi connectivity index (χ1) is 12.6. The Bertz CT molecular complexity index is 851. The molecule has 0 aliphatic heterocycles. The smallest absolute Gasteiger partial charge is 0.437 e. The minimum atomic E-state index is -0.660. The summed E-state index contributed by atoms with van der Waals surface area (Å²) >= 11 is 5.80. The summed E-state index contributed by atoms with van der Waals surface area (Å²) in [6, 6.07) is 5.13. The van der Waals surface area contributed by atoms with Crippen LogP contribution in [0.4, 0.5) is 10.6 Å². The van der Waals surface area contributed by atoms with Crippen molar-refractivity contribution in [3.8, 4) is 0 Å². The molecule has 2 heterocycles. The summed E-state index contributed by atoms with van der Waals surface area (Å²) in [5.74, 6) is -0.0977. The van der Waals surface area contributed by atoms with Crippen molar-refractivity contribution in [1.82, 2.24) is 14.8 Å². The Morgan fingerprint density at radius 1 is 1.33 bits per heavy atom. The van der Waals surface area contributed by atoms with Gasteiger partial charge in [-0.25, -0.2) is 9.78 Å². The predicted molar refractivity (Wildman–Crippen MR) is 102 cm³/mol. The van der Waals surface area contributed by atoms with Gasteiger partial charge in [0, 0.05) is 18.2 Å². The Morgan fingerprint density at radius 3 is 2.59 bits per heavy atom. The lowest BCUT2D eigenvalue weighted by Gasteiger charge is -2.20. The van der Waals surface area contributed by atoms with Crippen LogP contribution in [0.15, 0.2) is 24.4 Å². The van der Waals surface area contributed by atoms with E-state index in [-0.39, 0.29) is 5.91 Å². The van der Waals surface area contributed by atoms with Gasteiger partial charge in [-0.15, -0.1) is 4.68 Å². The zero-order chi connectivity index (χ0) is 19.8. The van der Waals surface area contributed by atoms with E-state index in [9.17, 15) is 9.59 Å². The average Bonchev–Trinajstić information content (AvgIpc) is 3.34. The monoisotopic (exact) mass is 390 g/mol. The molecule has 0 aromatic carbocycles. The van der Waals surface area contributed by atoms with Crippen LogP contribution in [0.3, 0.4) is 0 Å². The van der Waals surface area contributed by atoms with Crippen LogP contribution in [-0.4, -0.2) is 32.4 Å². The maximum Gasteiger partial charge on any atom is 0.437 e. The van der Waals surface area contributed by atoms with Crippen LogP contribution in [-0.2, 0) is 9.53 Å². The Balaban J connectivity index is 1.81. The van der Waals surface area contributed by atoms with Crippen molar-refractivity contribution in [2.24, 2.45) is 0 Å². The number of hydrogen-bond acceptors (Lipinski definition) is 5. The van der Waals surface area contributed by atoms with Gasteiger partial charge in [-0.1, -0.05) is 17.7 Å². The van der Waals surface area contributed by atoms with Crippen molar-refractivity contribution in [2.45, 2.75) is 58.0 Å². The number of nitrogens with one attached hydrogen (secondary N) is 1. The number of aromatic nitrogens is 3. The molecule has 1 aliphatic carbocycles. The lowest BCUT2D eigenvalue weighted by atomic mass is 10.0. The second-order valence-electron chi connectivity index (χ2n) is 7.75. The molecule has 8 heteroatoms. The van der Waals surface area contributed by atoms with Crippen LogP contribution < -0.4 is 5.32 Å². The van der Waals surface area contributed by atoms with Gasteiger partial charge in [-0.2, -0.15) is 5.10 Å². The van der Waals surface area contributed by atoms with Crippen molar-refractivity contribution in [3.05, 3.63) is 40.8 Å². The van der Waals surface area contributed by atoms with E-state index in [1.165, 1.54) is 0 Å². The van der Waals surface area contributed by atoms with Crippen LogP contribution >= 0.6 is 11.6 Å². The lowest BCUT2D eigenvalue weighted by Crippen LogP contribution is -2.30. The first kappa shape index (κ1) is 19.4. The van der Waals surface area contributed by atoms with Crippen molar-refractivity contribution < 1.29 is 14.3 Å². The normalized spacial score (nSPS) is 15.3. The van der Waals surface area contributed by atoms with Gasteiger partial charge in [-0.05, 0) is 52.2 Å². The molecule has 1 atom stereocenters. The highest BCUT2D eigenvalue weighted by atomic mass is 35.5. The molecule has 2 aromatic heterocycles. The van der Waals surface area contributed by atoms with E-state index >= 15 is 0 Å². The summed E-state index contributed by atoms with van der Waals surface area (Å²) in [5.41, 5.74) is 0.853.